The number of thiophene rings is 1. The van der Waals surface area contributed by atoms with E-state index in [1.807, 2.05) is 43.3 Å². The molecule has 6 nitrogen and oxygen atoms in total. The van der Waals surface area contributed by atoms with Crippen molar-refractivity contribution in [2.75, 3.05) is 6.61 Å². The zero-order chi connectivity index (χ0) is 24.5. The average Bonchev–Trinajstić information content (AvgIpc) is 3.43. The summed E-state index contributed by atoms with van der Waals surface area (Å²) in [5, 5.41) is 8.63. The quantitative estimate of drug-likeness (QED) is 0.298. The molecule has 1 atom stereocenters. The molecule has 1 aliphatic rings. The van der Waals surface area contributed by atoms with E-state index in [1.54, 1.807) is 29.1 Å². The van der Waals surface area contributed by atoms with Crippen LogP contribution < -0.4 is 5.32 Å². The highest BCUT2D eigenvalue weighted by molar-refractivity contribution is 7.17. The summed E-state index contributed by atoms with van der Waals surface area (Å²) in [6, 6.07) is 14.2. The van der Waals surface area contributed by atoms with Crippen LogP contribution in [-0.4, -0.2) is 27.3 Å². The maximum atomic E-state index is 13.4. The van der Waals surface area contributed by atoms with Crippen LogP contribution in [0.15, 0.2) is 54.7 Å². The summed E-state index contributed by atoms with van der Waals surface area (Å²) in [5.74, 6) is -0.327. The molecule has 0 bridgehead atoms. The Balaban J connectivity index is 1.61. The molecule has 0 radical (unpaired) electrons. The summed E-state index contributed by atoms with van der Waals surface area (Å²) in [4.78, 5) is 18.7. The maximum absolute atomic E-state index is 13.4. The lowest BCUT2D eigenvalue weighted by Gasteiger charge is -2.19. The van der Waals surface area contributed by atoms with E-state index < -0.39 is 0 Å². The Kier molecular flexibility index (Phi) is 6.95. The van der Waals surface area contributed by atoms with E-state index in [4.69, 9.17) is 44.6 Å². The molecule has 3 aromatic heterocycles. The van der Waals surface area contributed by atoms with E-state index in [1.165, 1.54) is 11.3 Å². The molecule has 35 heavy (non-hydrogen) atoms. The van der Waals surface area contributed by atoms with E-state index in [2.05, 4.69) is 10.3 Å². The second kappa shape index (κ2) is 10.1. The van der Waals surface area contributed by atoms with Crippen LogP contribution in [-0.2, 0) is 11.3 Å². The molecule has 10 heteroatoms. The zero-order valence-electron chi connectivity index (χ0n) is 18.5. The summed E-state index contributed by atoms with van der Waals surface area (Å²) >= 11 is 20.3. The van der Waals surface area contributed by atoms with E-state index in [0.29, 0.717) is 32.2 Å². The van der Waals surface area contributed by atoms with Crippen LogP contribution in [0.4, 0.5) is 0 Å². The Bertz CT molecular complexity index is 1430. The summed E-state index contributed by atoms with van der Waals surface area (Å²) in [5.41, 5.74) is 3.94. The number of carbonyl (C=O) groups excluding carboxylic acids is 1. The number of aromatic nitrogens is 3. The number of ether oxygens (including phenoxy) is 1. The first-order valence-electron chi connectivity index (χ1n) is 10.7. The van der Waals surface area contributed by atoms with Crippen molar-refractivity contribution < 1.29 is 9.53 Å². The molecule has 1 aliphatic heterocycles. The number of fused-ring (bicyclic) bond motifs is 1. The second-order valence-electron chi connectivity index (χ2n) is 7.94. The van der Waals surface area contributed by atoms with E-state index >= 15 is 0 Å². The van der Waals surface area contributed by atoms with E-state index in [-0.39, 0.29) is 24.2 Å². The van der Waals surface area contributed by atoms with Crippen molar-refractivity contribution >= 4 is 63.7 Å². The number of hydrogen-bond donors (Lipinski definition) is 1. The van der Waals surface area contributed by atoms with Crippen molar-refractivity contribution in [3.63, 3.8) is 0 Å². The molecule has 1 aromatic carbocycles. The summed E-state index contributed by atoms with van der Waals surface area (Å²) in [6.45, 7) is 2.47. The topological polar surface area (TPSA) is 69.0 Å². The molecule has 0 fully saturated rings. The Morgan fingerprint density at radius 2 is 2.03 bits per heavy atom. The van der Waals surface area contributed by atoms with Crippen molar-refractivity contribution in [3.05, 3.63) is 96.6 Å². The van der Waals surface area contributed by atoms with Crippen LogP contribution in [0.1, 0.15) is 45.3 Å². The van der Waals surface area contributed by atoms with Crippen molar-refractivity contribution in [2.24, 2.45) is 0 Å². The largest absolute Gasteiger partial charge is 0.372 e. The smallest absolute Gasteiger partial charge is 0.272 e. The van der Waals surface area contributed by atoms with Gasteiger partial charge >= 0.3 is 0 Å². The Morgan fingerprint density at radius 3 is 2.74 bits per heavy atom. The van der Waals surface area contributed by atoms with Gasteiger partial charge in [-0.3, -0.25) is 9.78 Å². The first kappa shape index (κ1) is 24.0. The first-order chi connectivity index (χ1) is 16.9. The number of nitrogens with zero attached hydrogens (tertiary/aromatic N) is 3. The predicted octanol–water partition coefficient (Wildman–Crippen LogP) is 6.85. The number of amides is 1. The number of rotatable bonds is 5. The van der Waals surface area contributed by atoms with E-state index in [9.17, 15) is 4.79 Å². The summed E-state index contributed by atoms with van der Waals surface area (Å²) in [6.07, 6.45) is 3.69. The third-order valence-corrected chi connectivity index (χ3v) is 7.25. The van der Waals surface area contributed by atoms with Gasteiger partial charge in [-0.25, -0.2) is 4.68 Å². The minimum atomic E-state index is -0.327. The fourth-order valence-corrected chi connectivity index (χ4v) is 5.43. The van der Waals surface area contributed by atoms with Crippen LogP contribution >= 0.6 is 46.1 Å². The molecule has 0 saturated heterocycles. The molecule has 4 aromatic rings. The van der Waals surface area contributed by atoms with Gasteiger partial charge in [-0.05, 0) is 55.5 Å². The van der Waals surface area contributed by atoms with Crippen LogP contribution in [0.2, 0.25) is 14.4 Å². The van der Waals surface area contributed by atoms with Gasteiger partial charge in [0.1, 0.15) is 0 Å². The number of pyridine rings is 1. The lowest BCUT2D eigenvalue weighted by Crippen LogP contribution is -2.28. The fraction of sp³-hybridized carbons (Fsp3) is 0.160. The van der Waals surface area contributed by atoms with Crippen LogP contribution in [0.5, 0.6) is 0 Å². The SMILES string of the molecule is C[C@@H](NC(=O)c1nn(-c2ccc(Cl)cc2Cl)c2c1COC/C2=C\c1ccc(Cl)s1)c1ccccn1. The third-order valence-electron chi connectivity index (χ3n) is 5.53. The normalized spacial score (nSPS) is 15.1. The van der Waals surface area contributed by atoms with Crippen molar-refractivity contribution in [1.82, 2.24) is 20.1 Å². The molecular formula is C25H19Cl3N4O2S. The Labute approximate surface area is 221 Å². The van der Waals surface area contributed by atoms with E-state index in [0.717, 1.165) is 21.8 Å². The minimum absolute atomic E-state index is 0.240. The molecule has 4 heterocycles. The minimum Gasteiger partial charge on any atom is -0.372 e. The lowest BCUT2D eigenvalue weighted by atomic mass is 10.0. The van der Waals surface area contributed by atoms with Crippen LogP contribution in [0.3, 0.4) is 0 Å². The highest BCUT2D eigenvalue weighted by atomic mass is 35.5. The van der Waals surface area contributed by atoms with Gasteiger partial charge in [0.15, 0.2) is 5.69 Å². The third kappa shape index (κ3) is 5.01. The van der Waals surface area contributed by atoms with Gasteiger partial charge < -0.3 is 10.1 Å². The second-order valence-corrected chi connectivity index (χ2v) is 10.5. The molecule has 1 N–H and O–H groups in total. The molecular weight excluding hydrogens is 527 g/mol. The molecule has 5 rings (SSSR count). The molecule has 0 unspecified atom stereocenters. The van der Waals surface area contributed by atoms with Crippen LogP contribution in [0.25, 0.3) is 17.3 Å². The van der Waals surface area contributed by atoms with Gasteiger partial charge in [0, 0.05) is 27.2 Å². The van der Waals surface area contributed by atoms with Gasteiger partial charge in [-0.15, -0.1) is 11.3 Å². The number of benzene rings is 1. The molecule has 0 saturated carbocycles. The molecule has 0 spiro atoms. The van der Waals surface area contributed by atoms with Gasteiger partial charge in [0.05, 0.1) is 45.7 Å². The average molecular weight is 546 g/mol. The highest BCUT2D eigenvalue weighted by Gasteiger charge is 2.30. The highest BCUT2D eigenvalue weighted by Crippen LogP contribution is 2.36. The summed E-state index contributed by atoms with van der Waals surface area (Å²) in [7, 11) is 0. The Hall–Kier alpha value is -2.68. The number of nitrogens with one attached hydrogen (secondary N) is 1. The standard InChI is InChI=1S/C25H19Cl3N4O2S/c1-14(20-4-2-3-9-29-20)30-25(33)23-18-13-34-12-15(10-17-6-8-22(28)35-17)24(18)32(31-23)21-7-5-16(26)11-19(21)27/h2-11,14H,12-13H2,1H3,(H,30,33)/b15-10+/t14-/m1/s1. The first-order valence-corrected chi connectivity index (χ1v) is 12.7. The summed E-state index contributed by atoms with van der Waals surface area (Å²) < 4.78 is 8.25. The maximum Gasteiger partial charge on any atom is 0.272 e. The number of hydrogen-bond acceptors (Lipinski definition) is 5. The molecule has 0 aliphatic carbocycles. The zero-order valence-corrected chi connectivity index (χ0v) is 21.5. The Morgan fingerprint density at radius 1 is 1.17 bits per heavy atom. The fourth-order valence-electron chi connectivity index (χ4n) is 3.92. The monoisotopic (exact) mass is 544 g/mol. The van der Waals surface area contributed by atoms with Crippen molar-refractivity contribution in [1.29, 1.82) is 0 Å². The van der Waals surface area contributed by atoms with Gasteiger partial charge in [-0.2, -0.15) is 5.10 Å². The number of carbonyl (C=O) groups is 1. The van der Waals surface area contributed by atoms with Gasteiger partial charge in [0.25, 0.3) is 5.91 Å². The van der Waals surface area contributed by atoms with Crippen LogP contribution in [0, 0.1) is 0 Å². The van der Waals surface area contributed by atoms with Gasteiger partial charge in [0.2, 0.25) is 0 Å². The number of halogens is 3. The van der Waals surface area contributed by atoms with Gasteiger partial charge in [-0.1, -0.05) is 40.9 Å². The van der Waals surface area contributed by atoms with Crippen molar-refractivity contribution in [2.45, 2.75) is 19.6 Å². The lowest BCUT2D eigenvalue weighted by molar-refractivity contribution is 0.0925. The van der Waals surface area contributed by atoms with Crippen molar-refractivity contribution in [3.8, 4) is 5.69 Å². The predicted molar refractivity (Wildman–Crippen MR) is 141 cm³/mol. The molecule has 1 amide bonds. The molecule has 178 valence electrons.